The van der Waals surface area contributed by atoms with E-state index in [1.165, 1.54) is 17.6 Å². The molecule has 1 amide bonds. The summed E-state index contributed by atoms with van der Waals surface area (Å²) in [5.41, 5.74) is 3.79. The van der Waals surface area contributed by atoms with Crippen molar-refractivity contribution in [3.8, 4) is 0 Å². The second-order valence-corrected chi connectivity index (χ2v) is 7.45. The molecule has 1 N–H and O–H groups in total. The van der Waals surface area contributed by atoms with Gasteiger partial charge in [-0.15, -0.1) is 0 Å². The highest BCUT2D eigenvalue weighted by Crippen LogP contribution is 2.29. The van der Waals surface area contributed by atoms with Crippen molar-refractivity contribution in [1.29, 1.82) is 0 Å². The zero-order chi connectivity index (χ0) is 19.0. The number of rotatable bonds is 4. The topological polar surface area (TPSA) is 92.1 Å². The van der Waals surface area contributed by atoms with Crippen LogP contribution in [0.1, 0.15) is 72.9 Å². The van der Waals surface area contributed by atoms with Gasteiger partial charge in [0, 0.05) is 24.7 Å². The van der Waals surface area contributed by atoms with E-state index in [1.54, 1.807) is 4.52 Å². The minimum atomic E-state index is -0.0373. The Balaban J connectivity index is 1.61. The van der Waals surface area contributed by atoms with E-state index >= 15 is 0 Å². The third kappa shape index (κ3) is 3.20. The lowest BCUT2D eigenvalue weighted by atomic mass is 9.92. The Labute approximate surface area is 158 Å². The number of nitrogens with zero attached hydrogens (tertiary/aromatic N) is 6. The summed E-state index contributed by atoms with van der Waals surface area (Å²) in [6, 6.07) is 1.85. The molecule has 3 aromatic heterocycles. The number of amides is 1. The average Bonchev–Trinajstić information content (AvgIpc) is 3.35. The summed E-state index contributed by atoms with van der Waals surface area (Å²) in [5.74, 6) is 0.945. The largest absolute Gasteiger partial charge is 0.337 e. The van der Waals surface area contributed by atoms with E-state index in [0.717, 1.165) is 31.5 Å². The molecule has 4 rings (SSSR count). The molecule has 0 aromatic carbocycles. The fourth-order valence-corrected chi connectivity index (χ4v) is 3.87. The van der Waals surface area contributed by atoms with Gasteiger partial charge in [-0.05, 0) is 36.8 Å². The number of carbonyl (C=O) groups excluding carboxylic acids is 1. The molecule has 0 spiro atoms. The second-order valence-electron chi connectivity index (χ2n) is 7.45. The van der Waals surface area contributed by atoms with Crippen molar-refractivity contribution in [2.45, 2.75) is 51.9 Å². The lowest BCUT2D eigenvalue weighted by Gasteiger charge is -2.32. The number of piperidine rings is 1. The number of fused-ring (bicyclic) bond motifs is 1. The summed E-state index contributed by atoms with van der Waals surface area (Å²) in [7, 11) is 0. The van der Waals surface area contributed by atoms with Crippen molar-refractivity contribution in [1.82, 2.24) is 34.7 Å². The molecule has 142 valence electrons. The smallest absolute Gasteiger partial charge is 0.272 e. The predicted octanol–water partition coefficient (Wildman–Crippen LogP) is 2.55. The Hall–Kier alpha value is -2.77. The molecule has 1 saturated heterocycles. The lowest BCUT2D eigenvalue weighted by Crippen LogP contribution is -2.40. The zero-order valence-electron chi connectivity index (χ0n) is 16.0. The summed E-state index contributed by atoms with van der Waals surface area (Å²) in [4.78, 5) is 23.7. The number of H-pyrrole nitrogens is 1. The minimum absolute atomic E-state index is 0.0373. The molecular formula is C19H25N7O. The number of hydrogen-bond acceptors (Lipinski definition) is 5. The fourth-order valence-electron chi connectivity index (χ4n) is 3.87. The van der Waals surface area contributed by atoms with Gasteiger partial charge in [-0.1, -0.05) is 20.8 Å². The van der Waals surface area contributed by atoms with Gasteiger partial charge in [0.1, 0.15) is 12.0 Å². The van der Waals surface area contributed by atoms with E-state index < -0.39 is 0 Å². The molecule has 0 radical (unpaired) electrons. The molecule has 0 unspecified atom stereocenters. The third-order valence-corrected chi connectivity index (χ3v) is 5.34. The van der Waals surface area contributed by atoms with Gasteiger partial charge < -0.3 is 4.90 Å². The van der Waals surface area contributed by atoms with Crippen LogP contribution in [0.4, 0.5) is 0 Å². The van der Waals surface area contributed by atoms with E-state index in [9.17, 15) is 4.79 Å². The number of nitrogens with one attached hydrogen (secondary N) is 1. The maximum Gasteiger partial charge on any atom is 0.272 e. The number of carbonyl (C=O) groups is 1. The van der Waals surface area contributed by atoms with Gasteiger partial charge in [-0.3, -0.25) is 9.89 Å². The SMILES string of the molecule is CCc1cn[nH]c1[C@@H]1CCCN(C(=O)c2cc(C(C)C)n3ncnc3n2)C1. The van der Waals surface area contributed by atoms with Gasteiger partial charge in [-0.25, -0.2) is 9.50 Å². The first-order chi connectivity index (χ1) is 13.1. The van der Waals surface area contributed by atoms with Crippen LogP contribution in [0.25, 0.3) is 5.78 Å². The van der Waals surface area contributed by atoms with E-state index in [4.69, 9.17) is 0 Å². The number of aromatic amines is 1. The predicted molar refractivity (Wildman–Crippen MR) is 101 cm³/mol. The van der Waals surface area contributed by atoms with Crippen LogP contribution in [0.15, 0.2) is 18.6 Å². The molecule has 0 bridgehead atoms. The van der Waals surface area contributed by atoms with Crippen LogP contribution in [0.2, 0.25) is 0 Å². The van der Waals surface area contributed by atoms with Crippen LogP contribution in [-0.4, -0.2) is 53.7 Å². The van der Waals surface area contributed by atoms with Crippen LogP contribution >= 0.6 is 0 Å². The number of aryl methyl sites for hydroxylation is 1. The van der Waals surface area contributed by atoms with Gasteiger partial charge >= 0.3 is 0 Å². The molecule has 8 nitrogen and oxygen atoms in total. The monoisotopic (exact) mass is 367 g/mol. The Morgan fingerprint density at radius 2 is 2.26 bits per heavy atom. The van der Waals surface area contributed by atoms with Crippen LogP contribution in [-0.2, 0) is 6.42 Å². The molecule has 4 heterocycles. The fraction of sp³-hybridized carbons (Fsp3) is 0.526. The van der Waals surface area contributed by atoms with E-state index in [0.29, 0.717) is 23.9 Å². The molecular weight excluding hydrogens is 342 g/mol. The molecule has 1 atom stereocenters. The molecule has 0 aliphatic carbocycles. The normalized spacial score (nSPS) is 17.8. The second kappa shape index (κ2) is 7.09. The maximum absolute atomic E-state index is 13.2. The van der Waals surface area contributed by atoms with E-state index in [1.807, 2.05) is 17.2 Å². The van der Waals surface area contributed by atoms with Crippen LogP contribution in [0.3, 0.4) is 0 Å². The standard InChI is InChI=1S/C19H25N7O/c1-4-13-9-21-24-17(13)14-6-5-7-25(10-14)18(27)15-8-16(12(2)3)26-19(23-15)20-11-22-26/h8-9,11-12,14H,4-7,10H2,1-3H3,(H,21,24)/t14-/m1/s1. The van der Waals surface area contributed by atoms with Crippen LogP contribution < -0.4 is 0 Å². The van der Waals surface area contributed by atoms with E-state index in [2.05, 4.69) is 46.0 Å². The molecule has 0 saturated carbocycles. The number of likely N-dealkylation sites (tertiary alicyclic amines) is 1. The highest BCUT2D eigenvalue weighted by molar-refractivity contribution is 5.93. The summed E-state index contributed by atoms with van der Waals surface area (Å²) >= 11 is 0. The molecule has 1 aliphatic heterocycles. The summed E-state index contributed by atoms with van der Waals surface area (Å²) in [6.07, 6.45) is 6.35. The molecule has 1 aliphatic rings. The van der Waals surface area contributed by atoms with Crippen molar-refractivity contribution in [3.63, 3.8) is 0 Å². The van der Waals surface area contributed by atoms with Gasteiger partial charge in [0.2, 0.25) is 0 Å². The molecule has 3 aromatic rings. The molecule has 1 fully saturated rings. The van der Waals surface area contributed by atoms with Gasteiger partial charge in [0.15, 0.2) is 0 Å². The first kappa shape index (κ1) is 17.6. The average molecular weight is 367 g/mol. The van der Waals surface area contributed by atoms with Gasteiger partial charge in [0.05, 0.1) is 11.9 Å². The van der Waals surface area contributed by atoms with Gasteiger partial charge in [-0.2, -0.15) is 15.2 Å². The number of hydrogen-bond donors (Lipinski definition) is 1. The quantitative estimate of drug-likeness (QED) is 0.765. The maximum atomic E-state index is 13.2. The first-order valence-electron chi connectivity index (χ1n) is 9.60. The van der Waals surface area contributed by atoms with Crippen molar-refractivity contribution >= 4 is 11.7 Å². The van der Waals surface area contributed by atoms with Crippen LogP contribution in [0, 0.1) is 0 Å². The molecule has 27 heavy (non-hydrogen) atoms. The highest BCUT2D eigenvalue weighted by Gasteiger charge is 2.29. The third-order valence-electron chi connectivity index (χ3n) is 5.34. The minimum Gasteiger partial charge on any atom is -0.337 e. The Morgan fingerprint density at radius 3 is 3.04 bits per heavy atom. The Morgan fingerprint density at radius 1 is 1.41 bits per heavy atom. The van der Waals surface area contributed by atoms with Crippen molar-refractivity contribution in [2.24, 2.45) is 0 Å². The van der Waals surface area contributed by atoms with Crippen molar-refractivity contribution in [3.05, 3.63) is 41.2 Å². The lowest BCUT2D eigenvalue weighted by molar-refractivity contribution is 0.0699. The summed E-state index contributed by atoms with van der Waals surface area (Å²) < 4.78 is 1.71. The Kier molecular flexibility index (Phi) is 4.63. The van der Waals surface area contributed by atoms with Crippen molar-refractivity contribution in [2.75, 3.05) is 13.1 Å². The summed E-state index contributed by atoms with van der Waals surface area (Å²) in [6.45, 7) is 7.72. The van der Waals surface area contributed by atoms with E-state index in [-0.39, 0.29) is 11.8 Å². The zero-order valence-corrected chi connectivity index (χ0v) is 16.0. The van der Waals surface area contributed by atoms with Crippen LogP contribution in [0.5, 0.6) is 0 Å². The van der Waals surface area contributed by atoms with Gasteiger partial charge in [0.25, 0.3) is 11.7 Å². The molecule has 8 heteroatoms. The number of aromatic nitrogens is 6. The first-order valence-corrected chi connectivity index (χ1v) is 9.60. The summed E-state index contributed by atoms with van der Waals surface area (Å²) in [5, 5.41) is 11.6. The highest BCUT2D eigenvalue weighted by atomic mass is 16.2. The Bertz CT molecular complexity index is 958. The van der Waals surface area contributed by atoms with Crippen molar-refractivity contribution < 1.29 is 4.79 Å².